The summed E-state index contributed by atoms with van der Waals surface area (Å²) in [6.07, 6.45) is 7.08. The normalized spacial score (nSPS) is 17.7. The molecule has 8 heteroatoms. The lowest BCUT2D eigenvalue weighted by Gasteiger charge is -2.55. The van der Waals surface area contributed by atoms with Crippen LogP contribution in [0, 0.1) is 17.3 Å². The lowest BCUT2D eigenvalue weighted by Crippen LogP contribution is -2.61. The largest absolute Gasteiger partial charge is 0.444 e. The number of carbonyl (C=O) groups is 1. The van der Waals surface area contributed by atoms with Crippen LogP contribution in [-0.2, 0) is 11.8 Å². The number of nitrogens with zero attached hydrogens (tertiary/aromatic N) is 5. The summed E-state index contributed by atoms with van der Waals surface area (Å²) in [6, 6.07) is 1.89. The van der Waals surface area contributed by atoms with E-state index in [4.69, 9.17) is 16.3 Å². The minimum absolute atomic E-state index is 0.215. The van der Waals surface area contributed by atoms with Crippen molar-refractivity contribution in [1.82, 2.24) is 19.7 Å². The monoisotopic (exact) mass is 441 g/mol. The van der Waals surface area contributed by atoms with Crippen molar-refractivity contribution in [3.63, 3.8) is 0 Å². The third-order valence-electron chi connectivity index (χ3n) is 5.76. The molecule has 2 aromatic heterocycles. The van der Waals surface area contributed by atoms with Crippen LogP contribution in [-0.4, -0.2) is 57.5 Å². The molecule has 2 aliphatic heterocycles. The second kappa shape index (κ2) is 8.08. The van der Waals surface area contributed by atoms with Crippen molar-refractivity contribution in [2.75, 3.05) is 31.1 Å². The highest BCUT2D eigenvalue weighted by atomic mass is 35.5. The summed E-state index contributed by atoms with van der Waals surface area (Å²) in [5, 5.41) is 4.61. The molecule has 164 valence electrons. The van der Waals surface area contributed by atoms with Gasteiger partial charge in [0.1, 0.15) is 10.8 Å². The van der Waals surface area contributed by atoms with E-state index in [0.717, 1.165) is 55.8 Å². The molecule has 2 aromatic rings. The Bertz CT molecular complexity index is 1030. The number of amides is 1. The number of hydrogen-bond donors (Lipinski definition) is 0. The van der Waals surface area contributed by atoms with Crippen molar-refractivity contribution in [2.45, 2.75) is 39.2 Å². The van der Waals surface area contributed by atoms with Gasteiger partial charge in [-0.25, -0.2) is 9.78 Å². The highest BCUT2D eigenvalue weighted by Crippen LogP contribution is 2.43. The van der Waals surface area contributed by atoms with Gasteiger partial charge >= 0.3 is 6.09 Å². The molecule has 0 unspecified atom stereocenters. The first-order chi connectivity index (χ1) is 14.6. The first kappa shape index (κ1) is 21.5. The molecule has 0 aliphatic carbocycles. The van der Waals surface area contributed by atoms with E-state index in [1.807, 2.05) is 45.0 Å². The van der Waals surface area contributed by atoms with Crippen LogP contribution in [0.25, 0.3) is 0 Å². The zero-order valence-corrected chi connectivity index (χ0v) is 19.2. The molecule has 31 heavy (non-hydrogen) atoms. The van der Waals surface area contributed by atoms with Crippen LogP contribution in [0.3, 0.4) is 0 Å². The topological polar surface area (TPSA) is 63.5 Å². The molecule has 0 radical (unpaired) electrons. The molecule has 1 spiro atoms. The molecular weight excluding hydrogens is 414 g/mol. The third-order valence-corrected chi connectivity index (χ3v) is 5.97. The van der Waals surface area contributed by atoms with E-state index in [0.29, 0.717) is 5.15 Å². The molecule has 0 N–H and O–H groups in total. The number of hydrogen-bond acceptors (Lipinski definition) is 5. The van der Waals surface area contributed by atoms with E-state index < -0.39 is 5.60 Å². The second-order valence-electron chi connectivity index (χ2n) is 9.50. The maximum atomic E-state index is 12.3. The Morgan fingerprint density at radius 3 is 2.52 bits per heavy atom. The van der Waals surface area contributed by atoms with Gasteiger partial charge in [-0.3, -0.25) is 4.68 Å². The minimum atomic E-state index is -0.465. The number of pyridine rings is 1. The van der Waals surface area contributed by atoms with Gasteiger partial charge < -0.3 is 14.5 Å². The summed E-state index contributed by atoms with van der Waals surface area (Å²) in [5.74, 6) is 6.37. The van der Waals surface area contributed by atoms with Gasteiger partial charge in [0.25, 0.3) is 0 Å². The fourth-order valence-corrected chi connectivity index (χ4v) is 4.30. The van der Waals surface area contributed by atoms with Gasteiger partial charge in [0.05, 0.1) is 23.0 Å². The average Bonchev–Trinajstić information content (AvgIpc) is 3.09. The standard InChI is InChI=1S/C23H28ClN5O2/c1-22(2,3)31-21(30)28-9-7-23(8-10-28)15-29(16-23)19-11-20(24)25-13-18(19)6-5-17-12-26-27(4)14-17/h11-14H,7-10,15-16H2,1-4H3. The maximum Gasteiger partial charge on any atom is 0.410 e. The molecule has 0 bridgehead atoms. The van der Waals surface area contributed by atoms with Gasteiger partial charge in [-0.2, -0.15) is 5.10 Å². The Hall–Kier alpha value is -2.72. The Morgan fingerprint density at radius 2 is 1.90 bits per heavy atom. The van der Waals surface area contributed by atoms with Crippen molar-refractivity contribution in [1.29, 1.82) is 0 Å². The van der Waals surface area contributed by atoms with Gasteiger partial charge in [0.2, 0.25) is 0 Å². The van der Waals surface area contributed by atoms with Crippen LogP contribution in [0.15, 0.2) is 24.7 Å². The average molecular weight is 442 g/mol. The van der Waals surface area contributed by atoms with Crippen LogP contribution < -0.4 is 4.90 Å². The molecule has 0 atom stereocenters. The second-order valence-corrected chi connectivity index (χ2v) is 9.89. The first-order valence-electron chi connectivity index (χ1n) is 10.5. The predicted octanol–water partition coefficient (Wildman–Crippen LogP) is 3.71. The van der Waals surface area contributed by atoms with Crippen molar-refractivity contribution in [3.05, 3.63) is 40.9 Å². The molecule has 0 saturated carbocycles. The van der Waals surface area contributed by atoms with E-state index in [2.05, 4.69) is 26.8 Å². The van der Waals surface area contributed by atoms with Crippen molar-refractivity contribution in [3.8, 4) is 11.8 Å². The molecule has 4 heterocycles. The van der Waals surface area contributed by atoms with E-state index in [9.17, 15) is 4.79 Å². The van der Waals surface area contributed by atoms with Crippen LogP contribution in [0.2, 0.25) is 5.15 Å². The number of rotatable bonds is 1. The highest BCUT2D eigenvalue weighted by molar-refractivity contribution is 6.29. The highest BCUT2D eigenvalue weighted by Gasteiger charge is 2.46. The summed E-state index contributed by atoms with van der Waals surface area (Å²) < 4.78 is 7.25. The van der Waals surface area contributed by atoms with Crippen molar-refractivity contribution < 1.29 is 9.53 Å². The Balaban J connectivity index is 1.41. The molecule has 1 amide bonds. The Morgan fingerprint density at radius 1 is 1.19 bits per heavy atom. The number of anilines is 1. The summed E-state index contributed by atoms with van der Waals surface area (Å²) in [4.78, 5) is 20.7. The van der Waals surface area contributed by atoms with Gasteiger partial charge in [-0.15, -0.1) is 0 Å². The fraction of sp³-hybridized carbons (Fsp3) is 0.522. The number of carbonyl (C=O) groups excluding carboxylic acids is 1. The first-order valence-corrected chi connectivity index (χ1v) is 10.9. The molecule has 2 saturated heterocycles. The lowest BCUT2D eigenvalue weighted by molar-refractivity contribution is 0.00598. The molecule has 7 nitrogen and oxygen atoms in total. The number of likely N-dealkylation sites (tertiary alicyclic amines) is 1. The molecule has 2 aliphatic rings. The summed E-state index contributed by atoms with van der Waals surface area (Å²) in [5.41, 5.74) is 2.49. The van der Waals surface area contributed by atoms with Gasteiger partial charge in [0, 0.05) is 57.1 Å². The van der Waals surface area contributed by atoms with Gasteiger partial charge in [0.15, 0.2) is 0 Å². The molecule has 4 rings (SSSR count). The van der Waals surface area contributed by atoms with E-state index in [-0.39, 0.29) is 11.5 Å². The number of piperidine rings is 1. The van der Waals surface area contributed by atoms with Crippen LogP contribution in [0.5, 0.6) is 0 Å². The number of ether oxygens (including phenoxy) is 1. The van der Waals surface area contributed by atoms with Crippen LogP contribution in [0.4, 0.5) is 10.5 Å². The SMILES string of the molecule is Cn1cc(C#Cc2cnc(Cl)cc2N2CC3(CCN(C(=O)OC(C)(C)C)CC3)C2)cn1. The number of halogens is 1. The smallest absolute Gasteiger partial charge is 0.410 e. The predicted molar refractivity (Wildman–Crippen MR) is 120 cm³/mol. The van der Waals surface area contributed by atoms with Crippen LogP contribution in [0.1, 0.15) is 44.7 Å². The maximum absolute atomic E-state index is 12.3. The number of aromatic nitrogens is 3. The van der Waals surface area contributed by atoms with Crippen molar-refractivity contribution >= 4 is 23.4 Å². The van der Waals surface area contributed by atoms with E-state index >= 15 is 0 Å². The van der Waals surface area contributed by atoms with Crippen molar-refractivity contribution in [2.24, 2.45) is 12.5 Å². The molecular formula is C23H28ClN5O2. The minimum Gasteiger partial charge on any atom is -0.444 e. The quantitative estimate of drug-likeness (QED) is 0.498. The van der Waals surface area contributed by atoms with Gasteiger partial charge in [-0.1, -0.05) is 23.4 Å². The zero-order valence-electron chi connectivity index (χ0n) is 18.5. The van der Waals surface area contributed by atoms with E-state index in [1.165, 1.54) is 0 Å². The molecule has 0 aromatic carbocycles. The lowest BCUT2D eigenvalue weighted by atomic mass is 9.71. The zero-order chi connectivity index (χ0) is 22.2. The van der Waals surface area contributed by atoms with E-state index in [1.54, 1.807) is 17.1 Å². The summed E-state index contributed by atoms with van der Waals surface area (Å²) >= 11 is 6.19. The third kappa shape index (κ3) is 4.96. The summed E-state index contributed by atoms with van der Waals surface area (Å²) in [7, 11) is 1.87. The van der Waals surface area contributed by atoms with Crippen LogP contribution >= 0.6 is 11.6 Å². The Kier molecular flexibility index (Phi) is 5.61. The molecule has 2 fully saturated rings. The number of aryl methyl sites for hydroxylation is 1. The van der Waals surface area contributed by atoms with Gasteiger partial charge in [-0.05, 0) is 33.6 Å². The fourth-order valence-electron chi connectivity index (χ4n) is 4.14. The summed E-state index contributed by atoms with van der Waals surface area (Å²) in [6.45, 7) is 9.01. The Labute approximate surface area is 188 Å².